The molecule has 0 saturated carbocycles. The Labute approximate surface area is 124 Å². The highest BCUT2D eigenvalue weighted by Gasteiger charge is 2.15. The molecule has 1 heterocycles. The van der Waals surface area contributed by atoms with Crippen LogP contribution in [0.1, 0.15) is 18.4 Å². The molecule has 0 spiro atoms. The Balaban J connectivity index is 1.65. The minimum absolute atomic E-state index is 0.0709. The van der Waals surface area contributed by atoms with Gasteiger partial charge in [-0.15, -0.1) is 0 Å². The van der Waals surface area contributed by atoms with Gasteiger partial charge in [0.25, 0.3) is 0 Å². The van der Waals surface area contributed by atoms with Crippen molar-refractivity contribution >= 4 is 22.8 Å². The van der Waals surface area contributed by atoms with Crippen molar-refractivity contribution in [2.75, 3.05) is 13.2 Å². The normalized spacial score (nSPS) is 18.4. The lowest BCUT2D eigenvalue weighted by Gasteiger charge is -2.09. The predicted octanol–water partition coefficient (Wildman–Crippen LogP) is 3.15. The summed E-state index contributed by atoms with van der Waals surface area (Å²) in [6.45, 7) is 1.41. The van der Waals surface area contributed by atoms with Crippen LogP contribution in [-0.2, 0) is 9.53 Å². The lowest BCUT2D eigenvalue weighted by Crippen LogP contribution is -2.30. The van der Waals surface area contributed by atoms with E-state index in [1.165, 1.54) is 5.39 Å². The molecule has 3 nitrogen and oxygen atoms in total. The number of hydrogen-bond acceptors (Lipinski definition) is 2. The molecule has 0 bridgehead atoms. The third kappa shape index (κ3) is 3.50. The van der Waals surface area contributed by atoms with Gasteiger partial charge in [-0.2, -0.15) is 0 Å². The molecule has 3 rings (SSSR count). The predicted molar refractivity (Wildman–Crippen MR) is 85.0 cm³/mol. The fourth-order valence-electron chi connectivity index (χ4n) is 2.64. The summed E-state index contributed by atoms with van der Waals surface area (Å²) in [4.78, 5) is 11.9. The van der Waals surface area contributed by atoms with Gasteiger partial charge < -0.3 is 10.1 Å². The fourth-order valence-corrected chi connectivity index (χ4v) is 2.64. The van der Waals surface area contributed by atoms with Crippen LogP contribution in [0.3, 0.4) is 0 Å². The van der Waals surface area contributed by atoms with E-state index in [0.717, 1.165) is 30.4 Å². The number of rotatable bonds is 4. The number of carbonyl (C=O) groups excluding carboxylic acids is 1. The van der Waals surface area contributed by atoms with Crippen molar-refractivity contribution in [1.29, 1.82) is 0 Å². The average Bonchev–Trinajstić information content (AvgIpc) is 3.04. The van der Waals surface area contributed by atoms with Crippen molar-refractivity contribution in [2.24, 2.45) is 0 Å². The van der Waals surface area contributed by atoms with Gasteiger partial charge in [0.2, 0.25) is 5.91 Å². The summed E-state index contributed by atoms with van der Waals surface area (Å²) in [6, 6.07) is 14.3. The minimum Gasteiger partial charge on any atom is -0.376 e. The zero-order chi connectivity index (χ0) is 14.5. The van der Waals surface area contributed by atoms with Crippen molar-refractivity contribution in [1.82, 2.24) is 5.32 Å². The largest absolute Gasteiger partial charge is 0.376 e. The van der Waals surface area contributed by atoms with E-state index in [4.69, 9.17) is 4.74 Å². The van der Waals surface area contributed by atoms with Crippen LogP contribution in [0.4, 0.5) is 0 Å². The summed E-state index contributed by atoms with van der Waals surface area (Å²) < 4.78 is 5.48. The van der Waals surface area contributed by atoms with Crippen molar-refractivity contribution < 1.29 is 9.53 Å². The molecule has 1 saturated heterocycles. The second-order valence-electron chi connectivity index (χ2n) is 5.28. The maximum absolute atomic E-state index is 11.9. The van der Waals surface area contributed by atoms with Crippen molar-refractivity contribution in [2.45, 2.75) is 18.9 Å². The lowest BCUT2D eigenvalue weighted by molar-refractivity contribution is -0.116. The average molecular weight is 281 g/mol. The third-order valence-electron chi connectivity index (χ3n) is 3.77. The van der Waals surface area contributed by atoms with Gasteiger partial charge in [0, 0.05) is 19.2 Å². The Hall–Kier alpha value is -2.13. The van der Waals surface area contributed by atoms with Crippen molar-refractivity contribution in [3.05, 3.63) is 54.1 Å². The van der Waals surface area contributed by atoms with Gasteiger partial charge in [0.15, 0.2) is 0 Å². The Morgan fingerprint density at radius 1 is 1.24 bits per heavy atom. The van der Waals surface area contributed by atoms with E-state index in [9.17, 15) is 4.79 Å². The first-order valence-corrected chi connectivity index (χ1v) is 7.38. The molecule has 21 heavy (non-hydrogen) atoms. The number of fused-ring (bicyclic) bond motifs is 1. The highest BCUT2D eigenvalue weighted by molar-refractivity contribution is 5.96. The SMILES string of the molecule is O=C(C=Cc1cccc2ccccc12)NCC1CCCO1. The Morgan fingerprint density at radius 3 is 2.95 bits per heavy atom. The van der Waals surface area contributed by atoms with Gasteiger partial charge in [-0.1, -0.05) is 42.5 Å². The number of hydrogen-bond donors (Lipinski definition) is 1. The zero-order valence-electron chi connectivity index (χ0n) is 11.9. The molecule has 1 aliphatic rings. The molecule has 0 aliphatic carbocycles. The number of nitrogens with one attached hydrogen (secondary N) is 1. The number of ether oxygens (including phenoxy) is 1. The van der Waals surface area contributed by atoms with Gasteiger partial charge in [0.05, 0.1) is 6.10 Å². The van der Waals surface area contributed by atoms with Crippen LogP contribution in [0.5, 0.6) is 0 Å². The molecule has 1 amide bonds. The van der Waals surface area contributed by atoms with Crippen LogP contribution in [0.15, 0.2) is 48.5 Å². The van der Waals surface area contributed by atoms with Crippen LogP contribution < -0.4 is 5.32 Å². The van der Waals surface area contributed by atoms with Gasteiger partial charge in [-0.3, -0.25) is 4.79 Å². The molecular weight excluding hydrogens is 262 g/mol. The number of amides is 1. The van der Waals surface area contributed by atoms with Gasteiger partial charge >= 0.3 is 0 Å². The van der Waals surface area contributed by atoms with E-state index in [1.54, 1.807) is 6.08 Å². The smallest absolute Gasteiger partial charge is 0.244 e. The van der Waals surface area contributed by atoms with E-state index >= 15 is 0 Å². The fraction of sp³-hybridized carbons (Fsp3) is 0.278. The second-order valence-corrected chi connectivity index (χ2v) is 5.28. The van der Waals surface area contributed by atoms with Crippen molar-refractivity contribution in [3.8, 4) is 0 Å². The molecule has 1 aliphatic heterocycles. The molecule has 2 aromatic carbocycles. The van der Waals surface area contributed by atoms with Gasteiger partial charge in [-0.05, 0) is 35.3 Å². The molecule has 0 aromatic heterocycles. The summed E-state index contributed by atoms with van der Waals surface area (Å²) in [5.41, 5.74) is 1.06. The highest BCUT2D eigenvalue weighted by atomic mass is 16.5. The molecule has 1 N–H and O–H groups in total. The Bertz CT molecular complexity index is 652. The van der Waals surface area contributed by atoms with Crippen LogP contribution in [0.2, 0.25) is 0 Å². The first-order chi connectivity index (χ1) is 10.3. The Kier molecular flexibility index (Phi) is 4.31. The summed E-state index contributed by atoms with van der Waals surface area (Å²) >= 11 is 0. The number of carbonyl (C=O) groups is 1. The van der Waals surface area contributed by atoms with E-state index in [1.807, 2.05) is 30.3 Å². The van der Waals surface area contributed by atoms with Crippen molar-refractivity contribution in [3.63, 3.8) is 0 Å². The zero-order valence-corrected chi connectivity index (χ0v) is 11.9. The minimum atomic E-state index is -0.0709. The van der Waals surface area contributed by atoms with Crippen LogP contribution in [-0.4, -0.2) is 25.2 Å². The monoisotopic (exact) mass is 281 g/mol. The number of benzene rings is 2. The lowest BCUT2D eigenvalue weighted by atomic mass is 10.0. The van der Waals surface area contributed by atoms with Crippen LogP contribution >= 0.6 is 0 Å². The van der Waals surface area contributed by atoms with Crippen LogP contribution in [0, 0.1) is 0 Å². The maximum Gasteiger partial charge on any atom is 0.244 e. The molecule has 1 unspecified atom stereocenters. The van der Waals surface area contributed by atoms with E-state index in [2.05, 4.69) is 23.5 Å². The second kappa shape index (κ2) is 6.55. The summed E-state index contributed by atoms with van der Waals surface area (Å²) in [6.07, 6.45) is 5.77. The van der Waals surface area contributed by atoms with Gasteiger partial charge in [0.1, 0.15) is 0 Å². The van der Waals surface area contributed by atoms with Gasteiger partial charge in [-0.25, -0.2) is 0 Å². The summed E-state index contributed by atoms with van der Waals surface area (Å²) in [7, 11) is 0. The maximum atomic E-state index is 11.9. The Morgan fingerprint density at radius 2 is 2.10 bits per heavy atom. The topological polar surface area (TPSA) is 38.3 Å². The summed E-state index contributed by atoms with van der Waals surface area (Å²) in [5, 5.41) is 5.23. The third-order valence-corrected chi connectivity index (χ3v) is 3.77. The molecule has 1 atom stereocenters. The van der Waals surface area contributed by atoms with E-state index < -0.39 is 0 Å². The highest BCUT2D eigenvalue weighted by Crippen LogP contribution is 2.19. The van der Waals surface area contributed by atoms with Crippen LogP contribution in [0.25, 0.3) is 16.8 Å². The molecular formula is C18H19NO2. The molecule has 108 valence electrons. The standard InChI is InChI=1S/C18H19NO2/c20-18(19-13-16-8-4-12-21-16)11-10-15-7-3-6-14-5-1-2-9-17(14)15/h1-3,5-7,9-11,16H,4,8,12-13H2,(H,19,20). The van der Waals surface area contributed by atoms with E-state index in [-0.39, 0.29) is 12.0 Å². The first kappa shape index (κ1) is 13.8. The van der Waals surface area contributed by atoms with E-state index in [0.29, 0.717) is 6.54 Å². The quantitative estimate of drug-likeness (QED) is 0.874. The molecule has 0 radical (unpaired) electrons. The molecule has 1 fully saturated rings. The first-order valence-electron chi connectivity index (χ1n) is 7.38. The molecule has 3 heteroatoms. The molecule has 2 aromatic rings. The summed E-state index contributed by atoms with van der Waals surface area (Å²) in [5.74, 6) is -0.0709.